The third-order valence-corrected chi connectivity index (χ3v) is 11.5. The van der Waals surface area contributed by atoms with Gasteiger partial charge in [0.2, 0.25) is 0 Å². The van der Waals surface area contributed by atoms with E-state index < -0.39 is 0 Å². The number of fused-ring (bicyclic) bond motifs is 2. The average Bonchev–Trinajstić information content (AvgIpc) is 3.16. The Balaban J connectivity index is 0.975. The second-order valence-electron chi connectivity index (χ2n) is 15.7. The van der Waals surface area contributed by atoms with E-state index in [1.165, 1.54) is 212 Å². The molecule has 0 saturated carbocycles. The van der Waals surface area contributed by atoms with E-state index in [4.69, 9.17) is 0 Å². The smallest absolute Gasteiger partial charge is 0.0102 e. The van der Waals surface area contributed by atoms with Gasteiger partial charge < -0.3 is 0 Å². The van der Waals surface area contributed by atoms with Crippen molar-refractivity contribution in [2.75, 3.05) is 0 Å². The van der Waals surface area contributed by atoms with Gasteiger partial charge in [-0.1, -0.05) is 265 Å². The Morgan fingerprint density at radius 1 is 0.300 bits per heavy atom. The van der Waals surface area contributed by atoms with E-state index in [9.17, 15) is 0 Å². The lowest BCUT2D eigenvalue weighted by Crippen LogP contribution is -2.03. The van der Waals surface area contributed by atoms with Crippen LogP contribution in [0.2, 0.25) is 0 Å². The number of unbranched alkanes of at least 4 members (excludes halogenated alkanes) is 26. The fraction of sp³-hybridized carbons (Fsp3) is 0.600. The van der Waals surface area contributed by atoms with Crippen LogP contribution in [0, 0.1) is 0 Å². The first kappa shape index (κ1) is 40.2. The first-order valence-electron chi connectivity index (χ1n) is 21.8. The van der Waals surface area contributed by atoms with Crippen molar-refractivity contribution in [2.24, 2.45) is 0 Å². The van der Waals surface area contributed by atoms with Crippen molar-refractivity contribution in [2.45, 2.75) is 193 Å². The minimum Gasteiger partial charge on any atom is -0.0654 e. The Hall–Kier alpha value is -2.60. The molecular formula is C50H74. The van der Waals surface area contributed by atoms with E-state index in [1.807, 2.05) is 0 Å². The van der Waals surface area contributed by atoms with Crippen molar-refractivity contribution in [3.63, 3.8) is 0 Å². The van der Waals surface area contributed by atoms with E-state index in [0.29, 0.717) is 5.92 Å². The van der Waals surface area contributed by atoms with Gasteiger partial charge in [-0.15, -0.1) is 0 Å². The molecule has 0 unspecified atom stereocenters. The molecule has 4 aromatic rings. The molecule has 0 N–H and O–H groups in total. The normalized spacial score (nSPS) is 11.7. The summed E-state index contributed by atoms with van der Waals surface area (Å²) in [6.07, 6.45) is 40.3. The molecule has 0 aliphatic carbocycles. The van der Waals surface area contributed by atoms with Gasteiger partial charge >= 0.3 is 0 Å². The number of benzene rings is 4. The van der Waals surface area contributed by atoms with Crippen molar-refractivity contribution in [1.29, 1.82) is 0 Å². The first-order valence-corrected chi connectivity index (χ1v) is 21.8. The van der Waals surface area contributed by atoms with E-state index >= 15 is 0 Å². The molecule has 0 heterocycles. The maximum absolute atomic E-state index is 2.38. The maximum Gasteiger partial charge on any atom is 0.0102 e. The first-order chi connectivity index (χ1) is 24.9. The summed E-state index contributed by atoms with van der Waals surface area (Å²) in [6.45, 7) is 2.31. The lowest BCUT2D eigenvalue weighted by Gasteiger charge is -2.22. The molecule has 0 spiro atoms. The molecule has 0 aliphatic rings. The molecule has 50 heavy (non-hydrogen) atoms. The predicted octanol–water partition coefficient (Wildman–Crippen LogP) is 17.1. The van der Waals surface area contributed by atoms with E-state index in [2.05, 4.69) is 91.9 Å². The van der Waals surface area contributed by atoms with E-state index in [1.54, 1.807) is 0 Å². The summed E-state index contributed by atoms with van der Waals surface area (Å²) in [4.78, 5) is 0. The topological polar surface area (TPSA) is 0 Å². The fourth-order valence-electron chi connectivity index (χ4n) is 8.43. The van der Waals surface area contributed by atoms with Crippen LogP contribution in [0.5, 0.6) is 0 Å². The fourth-order valence-corrected chi connectivity index (χ4v) is 8.43. The molecule has 0 atom stereocenters. The van der Waals surface area contributed by atoms with Gasteiger partial charge in [0, 0.05) is 5.92 Å². The van der Waals surface area contributed by atoms with Crippen LogP contribution in [0.1, 0.15) is 204 Å². The third-order valence-electron chi connectivity index (χ3n) is 11.5. The Morgan fingerprint density at radius 2 is 0.580 bits per heavy atom. The van der Waals surface area contributed by atoms with Crippen LogP contribution < -0.4 is 0 Å². The Kier molecular flexibility index (Phi) is 21.1. The van der Waals surface area contributed by atoms with Crippen LogP contribution in [0.15, 0.2) is 84.9 Å². The van der Waals surface area contributed by atoms with Crippen molar-refractivity contribution in [3.05, 3.63) is 96.1 Å². The minimum absolute atomic E-state index is 0.436. The third kappa shape index (κ3) is 15.3. The molecule has 0 amide bonds. The Labute approximate surface area is 309 Å². The molecule has 0 bridgehead atoms. The second kappa shape index (κ2) is 26.2. The largest absolute Gasteiger partial charge is 0.0654 e. The molecule has 0 saturated heterocycles. The van der Waals surface area contributed by atoms with Crippen molar-refractivity contribution < 1.29 is 0 Å². The summed E-state index contributed by atoms with van der Waals surface area (Å²) in [5.74, 6) is 0.436. The van der Waals surface area contributed by atoms with Crippen LogP contribution in [0.3, 0.4) is 0 Å². The van der Waals surface area contributed by atoms with Gasteiger partial charge in [0.1, 0.15) is 0 Å². The molecule has 0 aliphatic heterocycles. The number of hydrogen-bond donors (Lipinski definition) is 0. The average molecular weight is 675 g/mol. The lowest BCUT2D eigenvalue weighted by atomic mass is 9.82. The molecule has 0 heteroatoms. The van der Waals surface area contributed by atoms with Gasteiger partial charge in [-0.25, -0.2) is 0 Å². The Morgan fingerprint density at radius 3 is 0.920 bits per heavy atom. The summed E-state index contributed by atoms with van der Waals surface area (Å²) < 4.78 is 0. The van der Waals surface area contributed by atoms with Crippen LogP contribution in [0.4, 0.5) is 0 Å². The van der Waals surface area contributed by atoms with Gasteiger partial charge in [0.05, 0.1) is 0 Å². The van der Waals surface area contributed by atoms with E-state index in [-0.39, 0.29) is 0 Å². The summed E-state index contributed by atoms with van der Waals surface area (Å²) in [6, 6.07) is 31.7. The summed E-state index contributed by atoms with van der Waals surface area (Å²) in [7, 11) is 0. The number of hydrogen-bond acceptors (Lipinski definition) is 0. The highest BCUT2D eigenvalue weighted by molar-refractivity contribution is 5.90. The molecule has 0 radical (unpaired) electrons. The van der Waals surface area contributed by atoms with Crippen molar-refractivity contribution in [3.8, 4) is 0 Å². The lowest BCUT2D eigenvalue weighted by molar-refractivity contribution is 0.513. The predicted molar refractivity (Wildman–Crippen MR) is 225 cm³/mol. The van der Waals surface area contributed by atoms with Crippen LogP contribution in [-0.4, -0.2) is 0 Å². The van der Waals surface area contributed by atoms with Gasteiger partial charge in [-0.2, -0.15) is 0 Å². The molecule has 4 aromatic carbocycles. The maximum atomic E-state index is 2.38. The highest BCUT2D eigenvalue weighted by Gasteiger charge is 2.18. The van der Waals surface area contributed by atoms with Gasteiger partial charge in [-0.3, -0.25) is 0 Å². The molecular weight excluding hydrogens is 601 g/mol. The summed E-state index contributed by atoms with van der Waals surface area (Å²) in [5, 5.41) is 5.54. The highest BCUT2D eigenvalue weighted by atomic mass is 14.2. The molecule has 0 fully saturated rings. The highest BCUT2D eigenvalue weighted by Crippen LogP contribution is 2.38. The quantitative estimate of drug-likeness (QED) is 0.0483. The van der Waals surface area contributed by atoms with Crippen LogP contribution in [0.25, 0.3) is 21.5 Å². The Bertz CT molecular complexity index is 1310. The molecule has 0 aromatic heterocycles. The van der Waals surface area contributed by atoms with Crippen molar-refractivity contribution >= 4 is 21.5 Å². The zero-order valence-electron chi connectivity index (χ0n) is 32.5. The van der Waals surface area contributed by atoms with Crippen molar-refractivity contribution in [1.82, 2.24) is 0 Å². The minimum atomic E-state index is 0.436. The summed E-state index contributed by atoms with van der Waals surface area (Å²) in [5.41, 5.74) is 2.99. The second-order valence-corrected chi connectivity index (χ2v) is 15.7. The molecule has 4 rings (SSSR count). The van der Waals surface area contributed by atoms with Crippen LogP contribution >= 0.6 is 0 Å². The molecule has 0 nitrogen and oxygen atoms in total. The molecule has 274 valence electrons. The number of rotatable bonds is 30. The zero-order valence-corrected chi connectivity index (χ0v) is 32.5. The monoisotopic (exact) mass is 675 g/mol. The SMILES string of the molecule is CCCCCCCCCCCCCCCCCCCCCCCCCCCCCC(c1cccc2ccccc12)c1cccc2ccccc12. The zero-order chi connectivity index (χ0) is 34.7. The van der Waals surface area contributed by atoms with Crippen LogP contribution in [-0.2, 0) is 0 Å². The summed E-state index contributed by atoms with van der Waals surface area (Å²) >= 11 is 0. The van der Waals surface area contributed by atoms with Gasteiger partial charge in [0.25, 0.3) is 0 Å². The van der Waals surface area contributed by atoms with Gasteiger partial charge in [0.15, 0.2) is 0 Å². The van der Waals surface area contributed by atoms with E-state index in [0.717, 1.165) is 0 Å². The standard InChI is InChI=1S/C50H74/c1-2-3-4-5-6-7-8-9-10-11-12-13-14-15-16-17-18-19-20-21-22-23-24-25-26-27-28-41-50(48-42-33-37-44-35-29-31-39-46(44)48)49-43-34-38-45-36-30-32-40-47(45)49/h29-40,42-43,50H,2-28,41H2,1H3. The van der Waals surface area contributed by atoms with Gasteiger partial charge in [-0.05, 0) is 39.1 Å².